The lowest BCUT2D eigenvalue weighted by Gasteiger charge is -2.23. The standard InChI is InChI=1S/C64H68N6O15/c1-77-53-29-41-27-45-33-57-55(79-3)31-43(45)28-46-34-58-54(78-2)30-42(46)26-44(41)32-56(53)83-21-18-80-47-11-4-38(5-12-47)10-17-50-62(74)65-36-60(72)69-52(25-40-8-15-49(16-9-40)82-20-23-85-58)64(76)67-37-61(73)70-51(63(75)66-35-59(71)68-50)24-39-6-13-48(14-7-39)81-19-22-84-57/h4-9,11-16,29-34,50-52H,10,17-28,35-37H2,1-3H3,(H,65,74)(H,66,75)(H,67,76)(H,68,71)(H,69,72)(H,70,73)/t50-,51-,52?/m0/s1. The molecule has 0 saturated carbocycles. The van der Waals surface area contributed by atoms with E-state index in [1.54, 1.807) is 82.0 Å². The number of hydrogen-bond donors (Lipinski definition) is 6. The summed E-state index contributed by atoms with van der Waals surface area (Å²) in [5.74, 6) is 0.563. The van der Waals surface area contributed by atoms with Gasteiger partial charge in [-0.05, 0) is 155 Å². The minimum atomic E-state index is -1.23. The molecule has 6 amide bonds. The molecule has 0 aromatic heterocycles. The maximum Gasteiger partial charge on any atom is 0.243 e. The van der Waals surface area contributed by atoms with Crippen LogP contribution in [0.4, 0.5) is 0 Å². The molecular formula is C64H68N6O15. The molecule has 17 rings (SSSR count). The highest BCUT2D eigenvalue weighted by atomic mass is 16.6. The van der Waals surface area contributed by atoms with E-state index in [1.807, 2.05) is 48.5 Å². The third kappa shape index (κ3) is 15.3. The lowest BCUT2D eigenvalue weighted by atomic mass is 9.94. The van der Waals surface area contributed by atoms with Crippen molar-refractivity contribution < 1.29 is 71.4 Å². The van der Waals surface area contributed by atoms with E-state index >= 15 is 0 Å². The average molecular weight is 1160 g/mol. The molecule has 3 atom stereocenters. The van der Waals surface area contributed by atoms with Crippen molar-refractivity contribution in [2.45, 2.75) is 63.1 Å². The van der Waals surface area contributed by atoms with Gasteiger partial charge in [0.25, 0.3) is 0 Å². The van der Waals surface area contributed by atoms with E-state index in [0.29, 0.717) is 88.6 Å². The van der Waals surface area contributed by atoms with Gasteiger partial charge in [-0.25, -0.2) is 0 Å². The zero-order chi connectivity index (χ0) is 59.2. The van der Waals surface area contributed by atoms with Gasteiger partial charge in [0, 0.05) is 12.8 Å². The van der Waals surface area contributed by atoms with E-state index in [2.05, 4.69) is 31.9 Å². The van der Waals surface area contributed by atoms with Crippen LogP contribution in [0.5, 0.6) is 51.7 Å². The number of nitrogens with one attached hydrogen (secondary N) is 6. The van der Waals surface area contributed by atoms with Crippen molar-refractivity contribution in [2.24, 2.45) is 0 Å². The zero-order valence-corrected chi connectivity index (χ0v) is 47.6. The van der Waals surface area contributed by atoms with Gasteiger partial charge in [-0.3, -0.25) is 28.8 Å². The molecule has 1 aliphatic carbocycles. The van der Waals surface area contributed by atoms with Gasteiger partial charge in [-0.15, -0.1) is 0 Å². The number of rotatable bonds is 3. The first-order valence-electron chi connectivity index (χ1n) is 28.2. The molecule has 6 aromatic rings. The molecule has 0 spiro atoms. The van der Waals surface area contributed by atoms with Crippen molar-refractivity contribution in [3.05, 3.63) is 159 Å². The van der Waals surface area contributed by atoms with Crippen molar-refractivity contribution in [1.82, 2.24) is 31.9 Å². The molecule has 1 unspecified atom stereocenters. The summed E-state index contributed by atoms with van der Waals surface area (Å²) in [6.07, 6.45) is 1.88. The summed E-state index contributed by atoms with van der Waals surface area (Å²) in [4.78, 5) is 82.8. The minimum absolute atomic E-state index is 0.0257. The maximum atomic E-state index is 14.0. The van der Waals surface area contributed by atoms with E-state index in [0.717, 1.165) is 38.9 Å². The van der Waals surface area contributed by atoms with Gasteiger partial charge < -0.3 is 74.5 Å². The first kappa shape index (κ1) is 58.5. The molecule has 444 valence electrons. The smallest absolute Gasteiger partial charge is 0.243 e. The Labute approximate surface area is 491 Å². The summed E-state index contributed by atoms with van der Waals surface area (Å²) in [5.41, 5.74) is 8.06. The average Bonchev–Trinajstić information content (AvgIpc) is 3.56. The molecule has 11 aliphatic rings. The van der Waals surface area contributed by atoms with E-state index in [9.17, 15) is 28.8 Å². The molecule has 1 saturated heterocycles. The molecule has 10 aliphatic heterocycles. The summed E-state index contributed by atoms with van der Waals surface area (Å²) in [7, 11) is 4.81. The normalized spacial score (nSPS) is 19.2. The first-order chi connectivity index (χ1) is 41.4. The fourth-order valence-electron chi connectivity index (χ4n) is 10.6. The van der Waals surface area contributed by atoms with Crippen LogP contribution in [0.15, 0.2) is 109 Å². The van der Waals surface area contributed by atoms with Crippen LogP contribution in [0, 0.1) is 0 Å². The molecule has 0 radical (unpaired) electrons. The molecule has 1 fully saturated rings. The second-order valence-corrected chi connectivity index (χ2v) is 20.8. The van der Waals surface area contributed by atoms with Gasteiger partial charge in [-0.1, -0.05) is 36.4 Å². The Hall–Kier alpha value is -9.66. The van der Waals surface area contributed by atoms with Gasteiger partial charge in [-0.2, -0.15) is 0 Å². The van der Waals surface area contributed by atoms with Crippen molar-refractivity contribution in [1.29, 1.82) is 0 Å². The van der Waals surface area contributed by atoms with E-state index in [4.69, 9.17) is 42.6 Å². The SMILES string of the molecule is COc1cc2c3cc1OCCOc1ccc(cc1)CC[C@@H]1NC(=O)CNC(=O)[C@@H]4Cc5ccc(cc5)OCCOc5cc(c(cc5OC)Cc5cc(c(OC)cc5C3)OCCOc3ccc(cc3)CC(NC(=O)CNC1=O)C(=O)NCC(=O)N4)C2. The summed E-state index contributed by atoms with van der Waals surface area (Å²) in [6, 6.07) is 29.6. The number of ether oxygens (including phenoxy) is 9. The number of fused-ring (bicyclic) bond motifs is 4. The Balaban J connectivity index is 1.06. The predicted molar refractivity (Wildman–Crippen MR) is 310 cm³/mol. The number of methoxy groups -OCH3 is 3. The fraction of sp³-hybridized carbons (Fsp3) is 0.344. The quantitative estimate of drug-likeness (QED) is 0.146. The monoisotopic (exact) mass is 1160 g/mol. The molecule has 10 heterocycles. The number of benzene rings is 6. The Morgan fingerprint density at radius 2 is 0.659 bits per heavy atom. The number of aryl methyl sites for hydroxylation is 1. The fourth-order valence-corrected chi connectivity index (χ4v) is 10.6. The lowest BCUT2D eigenvalue weighted by molar-refractivity contribution is -0.133. The number of carbonyl (C=O) groups excluding carboxylic acids is 6. The highest BCUT2D eigenvalue weighted by molar-refractivity contribution is 5.96. The molecule has 21 heteroatoms. The Bertz CT molecular complexity index is 3360. The third-order valence-electron chi connectivity index (χ3n) is 15.0. The predicted octanol–water partition coefficient (Wildman–Crippen LogP) is 4.03. The first-order valence-corrected chi connectivity index (χ1v) is 28.2. The van der Waals surface area contributed by atoms with Crippen molar-refractivity contribution in [2.75, 3.05) is 80.6 Å². The van der Waals surface area contributed by atoms with Crippen LogP contribution >= 0.6 is 0 Å². The van der Waals surface area contributed by atoms with E-state index < -0.39 is 73.2 Å². The summed E-state index contributed by atoms with van der Waals surface area (Å²) in [6.45, 7) is -0.729. The second-order valence-electron chi connectivity index (χ2n) is 20.8. The van der Waals surface area contributed by atoms with Crippen molar-refractivity contribution in [3.63, 3.8) is 0 Å². The molecule has 6 N–H and O–H groups in total. The van der Waals surface area contributed by atoms with Crippen molar-refractivity contribution >= 4 is 35.4 Å². The van der Waals surface area contributed by atoms with Crippen LogP contribution in [-0.4, -0.2) is 134 Å². The van der Waals surface area contributed by atoms with Crippen LogP contribution in [-0.2, 0) is 67.3 Å². The van der Waals surface area contributed by atoms with Crippen LogP contribution in [0.2, 0.25) is 0 Å². The third-order valence-corrected chi connectivity index (χ3v) is 15.0. The summed E-state index contributed by atoms with van der Waals surface area (Å²) < 4.78 is 55.6. The van der Waals surface area contributed by atoms with E-state index in [-0.39, 0.29) is 58.9 Å². The zero-order valence-electron chi connectivity index (χ0n) is 47.6. The van der Waals surface area contributed by atoms with Crippen LogP contribution in [0.25, 0.3) is 0 Å². The summed E-state index contributed by atoms with van der Waals surface area (Å²) in [5, 5.41) is 15.9. The van der Waals surface area contributed by atoms with Crippen molar-refractivity contribution in [3.8, 4) is 51.7 Å². The van der Waals surface area contributed by atoms with Gasteiger partial charge in [0.1, 0.15) is 75.0 Å². The number of amides is 6. The van der Waals surface area contributed by atoms with E-state index in [1.165, 1.54) is 0 Å². The molecule has 21 nitrogen and oxygen atoms in total. The Kier molecular flexibility index (Phi) is 19.0. The highest BCUT2D eigenvalue weighted by Gasteiger charge is 2.29. The van der Waals surface area contributed by atoms with Crippen LogP contribution in [0.3, 0.4) is 0 Å². The molecule has 18 bridgehead atoms. The van der Waals surface area contributed by atoms with Gasteiger partial charge in [0.05, 0.1) is 41.0 Å². The second kappa shape index (κ2) is 27.6. The molecule has 6 aromatic carbocycles. The molecule has 85 heavy (non-hydrogen) atoms. The van der Waals surface area contributed by atoms with Gasteiger partial charge >= 0.3 is 0 Å². The molecular weight excluding hydrogens is 1090 g/mol. The van der Waals surface area contributed by atoms with Crippen LogP contribution < -0.4 is 74.5 Å². The van der Waals surface area contributed by atoms with Gasteiger partial charge in [0.2, 0.25) is 35.4 Å². The number of hydrogen-bond acceptors (Lipinski definition) is 15. The lowest BCUT2D eigenvalue weighted by Crippen LogP contribution is -2.56. The Morgan fingerprint density at radius 1 is 0.365 bits per heavy atom. The minimum Gasteiger partial charge on any atom is -0.493 e. The topological polar surface area (TPSA) is 258 Å². The maximum absolute atomic E-state index is 14.0. The number of carbonyl (C=O) groups is 6. The Morgan fingerprint density at radius 3 is 1.00 bits per heavy atom. The van der Waals surface area contributed by atoms with Crippen LogP contribution in [0.1, 0.15) is 56.5 Å². The largest absolute Gasteiger partial charge is 0.493 e. The summed E-state index contributed by atoms with van der Waals surface area (Å²) >= 11 is 0. The van der Waals surface area contributed by atoms with Gasteiger partial charge in [0.15, 0.2) is 34.5 Å². The highest BCUT2D eigenvalue weighted by Crippen LogP contribution is 2.41.